The van der Waals surface area contributed by atoms with E-state index in [1.807, 2.05) is 13.0 Å². The SMILES string of the molecule is CCOC(=O)/C(C#N)=C\Nc1cccc(NC(=O)C2CC2)c1C. The van der Waals surface area contributed by atoms with Gasteiger partial charge in [0.15, 0.2) is 5.57 Å². The number of nitrogens with one attached hydrogen (secondary N) is 2. The van der Waals surface area contributed by atoms with Crippen LogP contribution >= 0.6 is 0 Å². The summed E-state index contributed by atoms with van der Waals surface area (Å²) in [6.07, 6.45) is 3.19. The van der Waals surface area contributed by atoms with Crippen LogP contribution in [0.5, 0.6) is 0 Å². The molecule has 2 N–H and O–H groups in total. The molecule has 0 bridgehead atoms. The van der Waals surface area contributed by atoms with Gasteiger partial charge in [0.2, 0.25) is 5.91 Å². The largest absolute Gasteiger partial charge is 0.462 e. The topological polar surface area (TPSA) is 91.2 Å². The minimum Gasteiger partial charge on any atom is -0.462 e. The van der Waals surface area contributed by atoms with Gasteiger partial charge in [-0.25, -0.2) is 4.79 Å². The Bertz CT molecular complexity index is 685. The zero-order valence-corrected chi connectivity index (χ0v) is 13.2. The number of carbonyl (C=O) groups is 2. The second-order valence-corrected chi connectivity index (χ2v) is 5.28. The van der Waals surface area contributed by atoms with Gasteiger partial charge < -0.3 is 15.4 Å². The standard InChI is InChI=1S/C17H19N3O3/c1-3-23-17(22)13(9-18)10-19-14-5-4-6-15(11(14)2)20-16(21)12-7-8-12/h4-6,10,12,19H,3,7-8H2,1-2H3,(H,20,21)/b13-10-. The minimum absolute atomic E-state index is 0.0324. The molecule has 0 unspecified atom stereocenters. The Morgan fingerprint density at radius 1 is 1.39 bits per heavy atom. The maximum absolute atomic E-state index is 11.9. The third kappa shape index (κ3) is 4.33. The lowest BCUT2D eigenvalue weighted by Gasteiger charge is -2.12. The molecule has 0 atom stereocenters. The van der Waals surface area contributed by atoms with Crippen LogP contribution in [0.25, 0.3) is 0 Å². The summed E-state index contributed by atoms with van der Waals surface area (Å²) in [5.74, 6) is -0.511. The fourth-order valence-electron chi connectivity index (χ4n) is 2.00. The van der Waals surface area contributed by atoms with Gasteiger partial charge in [0.25, 0.3) is 0 Å². The summed E-state index contributed by atoms with van der Waals surface area (Å²) in [6, 6.07) is 7.22. The summed E-state index contributed by atoms with van der Waals surface area (Å²) in [6.45, 7) is 3.74. The van der Waals surface area contributed by atoms with Crippen LogP contribution in [-0.4, -0.2) is 18.5 Å². The van der Waals surface area contributed by atoms with Crippen LogP contribution in [-0.2, 0) is 14.3 Å². The van der Waals surface area contributed by atoms with Crippen molar-refractivity contribution in [2.75, 3.05) is 17.2 Å². The highest BCUT2D eigenvalue weighted by atomic mass is 16.5. The molecule has 6 nitrogen and oxygen atoms in total. The lowest BCUT2D eigenvalue weighted by Crippen LogP contribution is -2.14. The van der Waals surface area contributed by atoms with Crippen molar-refractivity contribution in [3.63, 3.8) is 0 Å². The van der Waals surface area contributed by atoms with E-state index in [0.29, 0.717) is 5.69 Å². The molecule has 1 saturated carbocycles. The molecule has 0 aliphatic heterocycles. The van der Waals surface area contributed by atoms with Crippen molar-refractivity contribution in [2.45, 2.75) is 26.7 Å². The zero-order valence-electron chi connectivity index (χ0n) is 13.2. The van der Waals surface area contributed by atoms with Gasteiger partial charge in [0, 0.05) is 23.5 Å². The molecule has 1 amide bonds. The van der Waals surface area contributed by atoms with Crippen LogP contribution in [0.2, 0.25) is 0 Å². The van der Waals surface area contributed by atoms with E-state index in [-0.39, 0.29) is 24.0 Å². The Hall–Kier alpha value is -2.81. The Morgan fingerprint density at radius 3 is 2.70 bits per heavy atom. The zero-order chi connectivity index (χ0) is 16.8. The molecule has 2 rings (SSSR count). The average molecular weight is 313 g/mol. The van der Waals surface area contributed by atoms with Crippen molar-refractivity contribution in [3.05, 3.63) is 35.5 Å². The molecule has 23 heavy (non-hydrogen) atoms. The quantitative estimate of drug-likeness (QED) is 0.479. The van der Waals surface area contributed by atoms with E-state index < -0.39 is 5.97 Å². The number of anilines is 2. The molecule has 0 aromatic heterocycles. The number of nitriles is 1. The van der Waals surface area contributed by atoms with E-state index in [1.165, 1.54) is 6.20 Å². The summed E-state index contributed by atoms with van der Waals surface area (Å²) < 4.78 is 4.80. The van der Waals surface area contributed by atoms with Crippen molar-refractivity contribution in [2.24, 2.45) is 5.92 Å². The Kier molecular flexibility index (Phi) is 5.36. The third-order valence-corrected chi connectivity index (χ3v) is 3.53. The van der Waals surface area contributed by atoms with E-state index in [0.717, 1.165) is 24.1 Å². The van der Waals surface area contributed by atoms with Crippen molar-refractivity contribution in [3.8, 4) is 6.07 Å². The summed E-state index contributed by atoms with van der Waals surface area (Å²) in [7, 11) is 0. The lowest BCUT2D eigenvalue weighted by atomic mass is 10.1. The van der Waals surface area contributed by atoms with Crippen molar-refractivity contribution in [1.29, 1.82) is 5.26 Å². The molecular formula is C17H19N3O3. The fraction of sp³-hybridized carbons (Fsp3) is 0.353. The van der Waals surface area contributed by atoms with Gasteiger partial charge in [0.1, 0.15) is 6.07 Å². The van der Waals surface area contributed by atoms with E-state index >= 15 is 0 Å². The van der Waals surface area contributed by atoms with E-state index in [1.54, 1.807) is 25.1 Å². The molecule has 1 aromatic rings. The Balaban J connectivity index is 2.12. The van der Waals surface area contributed by atoms with Gasteiger partial charge in [-0.1, -0.05) is 6.07 Å². The molecule has 1 aromatic carbocycles. The maximum atomic E-state index is 11.9. The van der Waals surface area contributed by atoms with Gasteiger partial charge in [0.05, 0.1) is 6.61 Å². The van der Waals surface area contributed by atoms with Gasteiger partial charge in [-0.3, -0.25) is 4.79 Å². The van der Waals surface area contributed by atoms with E-state index in [2.05, 4.69) is 10.6 Å². The number of benzene rings is 1. The average Bonchev–Trinajstić information content (AvgIpc) is 3.36. The van der Waals surface area contributed by atoms with Gasteiger partial charge in [-0.15, -0.1) is 0 Å². The highest BCUT2D eigenvalue weighted by molar-refractivity contribution is 5.96. The number of ether oxygens (including phenoxy) is 1. The summed E-state index contributed by atoms with van der Waals surface area (Å²) in [4.78, 5) is 23.4. The molecule has 1 aliphatic rings. The van der Waals surface area contributed by atoms with Gasteiger partial charge in [-0.05, 0) is 44.4 Å². The number of esters is 1. The Labute approximate surface area is 135 Å². The molecule has 1 fully saturated rings. The molecule has 0 radical (unpaired) electrons. The molecule has 120 valence electrons. The molecular weight excluding hydrogens is 294 g/mol. The Morgan fingerprint density at radius 2 is 2.09 bits per heavy atom. The van der Waals surface area contributed by atoms with Crippen molar-refractivity contribution < 1.29 is 14.3 Å². The summed E-state index contributed by atoms with van der Waals surface area (Å²) in [5, 5.41) is 14.8. The molecule has 1 aliphatic carbocycles. The maximum Gasteiger partial charge on any atom is 0.350 e. The first-order valence-electron chi connectivity index (χ1n) is 7.51. The van der Waals surface area contributed by atoms with Crippen molar-refractivity contribution in [1.82, 2.24) is 0 Å². The van der Waals surface area contributed by atoms with Gasteiger partial charge >= 0.3 is 5.97 Å². The normalized spacial score (nSPS) is 13.9. The smallest absolute Gasteiger partial charge is 0.350 e. The number of hydrogen-bond donors (Lipinski definition) is 2. The van der Waals surface area contributed by atoms with Crippen LogP contribution in [0.4, 0.5) is 11.4 Å². The lowest BCUT2D eigenvalue weighted by molar-refractivity contribution is -0.138. The number of amides is 1. The minimum atomic E-state index is -0.668. The third-order valence-electron chi connectivity index (χ3n) is 3.53. The predicted molar refractivity (Wildman–Crippen MR) is 86.5 cm³/mol. The number of rotatable bonds is 6. The van der Waals surface area contributed by atoms with Crippen LogP contribution in [0.3, 0.4) is 0 Å². The second kappa shape index (κ2) is 7.45. The second-order valence-electron chi connectivity index (χ2n) is 5.28. The first kappa shape index (κ1) is 16.6. The molecule has 0 spiro atoms. The molecule has 0 heterocycles. The predicted octanol–water partition coefficient (Wildman–Crippen LogP) is 2.73. The number of carbonyl (C=O) groups excluding carboxylic acids is 2. The van der Waals surface area contributed by atoms with Crippen LogP contribution in [0.1, 0.15) is 25.3 Å². The van der Waals surface area contributed by atoms with Crippen LogP contribution in [0.15, 0.2) is 30.0 Å². The van der Waals surface area contributed by atoms with Gasteiger partial charge in [-0.2, -0.15) is 5.26 Å². The monoisotopic (exact) mass is 313 g/mol. The highest BCUT2D eigenvalue weighted by Gasteiger charge is 2.29. The van der Waals surface area contributed by atoms with E-state index in [9.17, 15) is 9.59 Å². The van der Waals surface area contributed by atoms with Crippen molar-refractivity contribution >= 4 is 23.3 Å². The number of nitrogens with zero attached hydrogens (tertiary/aromatic N) is 1. The fourth-order valence-corrected chi connectivity index (χ4v) is 2.00. The van der Waals surface area contributed by atoms with Crippen LogP contribution in [0, 0.1) is 24.2 Å². The number of hydrogen-bond acceptors (Lipinski definition) is 5. The summed E-state index contributed by atoms with van der Waals surface area (Å²) >= 11 is 0. The molecule has 6 heteroatoms. The summed E-state index contributed by atoms with van der Waals surface area (Å²) in [5.41, 5.74) is 2.14. The van der Waals surface area contributed by atoms with Crippen LogP contribution < -0.4 is 10.6 Å². The molecule has 0 saturated heterocycles. The first-order valence-corrected chi connectivity index (χ1v) is 7.51. The highest BCUT2D eigenvalue weighted by Crippen LogP contribution is 2.31. The first-order chi connectivity index (χ1) is 11.1. The van der Waals surface area contributed by atoms with E-state index in [4.69, 9.17) is 10.00 Å².